The van der Waals surface area contributed by atoms with E-state index in [4.69, 9.17) is 5.73 Å². The third-order valence-electron chi connectivity index (χ3n) is 7.96. The highest BCUT2D eigenvalue weighted by atomic mass is 14.7. The third-order valence-corrected chi connectivity index (χ3v) is 7.96. The van der Waals surface area contributed by atoms with Gasteiger partial charge in [0.25, 0.3) is 0 Å². The van der Waals surface area contributed by atoms with Crippen molar-refractivity contribution in [3.05, 3.63) is 127 Å². The molecule has 0 unspecified atom stereocenters. The minimum absolute atomic E-state index is 0.847. The van der Waals surface area contributed by atoms with Gasteiger partial charge >= 0.3 is 0 Å². The van der Waals surface area contributed by atoms with E-state index in [2.05, 4.69) is 120 Å². The molecular formula is C36H24N2. The number of nitrogens with one attached hydrogen (secondary N) is 1. The van der Waals surface area contributed by atoms with Crippen LogP contribution in [0.3, 0.4) is 0 Å². The molecule has 2 heteroatoms. The smallest absolute Gasteiger partial charge is 0.0471 e. The first kappa shape index (κ1) is 21.0. The molecule has 38 heavy (non-hydrogen) atoms. The maximum atomic E-state index is 6.21. The summed E-state index contributed by atoms with van der Waals surface area (Å²) in [5, 5.41) is 15.6. The lowest BCUT2D eigenvalue weighted by molar-refractivity contribution is 1.55. The Labute approximate surface area is 219 Å². The zero-order chi connectivity index (χ0) is 25.2. The second-order valence-electron chi connectivity index (χ2n) is 9.99. The van der Waals surface area contributed by atoms with Crippen LogP contribution >= 0.6 is 0 Å². The van der Waals surface area contributed by atoms with Crippen LogP contribution in [0.25, 0.3) is 75.7 Å². The molecule has 0 atom stereocenters. The van der Waals surface area contributed by atoms with Crippen LogP contribution in [-0.2, 0) is 0 Å². The topological polar surface area (TPSA) is 41.8 Å². The predicted molar refractivity (Wildman–Crippen MR) is 165 cm³/mol. The molecule has 0 saturated carbocycles. The number of rotatable bonds is 0. The van der Waals surface area contributed by atoms with Crippen molar-refractivity contribution < 1.29 is 0 Å². The summed E-state index contributed by atoms with van der Waals surface area (Å²) in [6, 6.07) is 44.9. The Morgan fingerprint density at radius 1 is 0.316 bits per heavy atom. The first-order valence-electron chi connectivity index (χ1n) is 13.0. The monoisotopic (exact) mass is 484 g/mol. The molecule has 9 rings (SSSR count). The number of anilines is 1. The second-order valence-corrected chi connectivity index (χ2v) is 9.99. The summed E-state index contributed by atoms with van der Waals surface area (Å²) in [5.41, 5.74) is 9.52. The SMILES string of the molecule is Nc1cccc2c3ccccc3c3ccccc3c12.c1ccc2c(c1)c1cccc3[nH]c4cccc2c4c31. The molecule has 0 bridgehead atoms. The van der Waals surface area contributed by atoms with Crippen LogP contribution in [0.5, 0.6) is 0 Å². The molecule has 178 valence electrons. The summed E-state index contributed by atoms with van der Waals surface area (Å²) in [4.78, 5) is 3.53. The Hall–Kier alpha value is -5.08. The Kier molecular flexibility index (Phi) is 4.41. The van der Waals surface area contributed by atoms with Crippen LogP contribution in [-0.4, -0.2) is 4.98 Å². The Morgan fingerprint density at radius 3 is 1.08 bits per heavy atom. The van der Waals surface area contributed by atoms with Gasteiger partial charge in [0.05, 0.1) is 0 Å². The van der Waals surface area contributed by atoms with Crippen molar-refractivity contribution in [3.63, 3.8) is 0 Å². The second kappa shape index (κ2) is 7.96. The van der Waals surface area contributed by atoms with Crippen molar-refractivity contribution in [3.8, 4) is 0 Å². The average Bonchev–Trinajstić information content (AvgIpc) is 3.37. The highest BCUT2D eigenvalue weighted by Gasteiger charge is 2.14. The van der Waals surface area contributed by atoms with Crippen LogP contribution < -0.4 is 5.73 Å². The van der Waals surface area contributed by atoms with E-state index in [1.165, 1.54) is 70.3 Å². The quantitative estimate of drug-likeness (QED) is 0.163. The highest BCUT2D eigenvalue weighted by molar-refractivity contribution is 6.33. The molecule has 8 aromatic carbocycles. The van der Waals surface area contributed by atoms with Gasteiger partial charge in [0.2, 0.25) is 0 Å². The molecule has 0 saturated heterocycles. The van der Waals surface area contributed by atoms with Gasteiger partial charge in [-0.1, -0.05) is 109 Å². The standard InChI is InChI=1S/C18H11N.C18H13N/c1-2-6-12-11(5-1)13-7-3-9-15-17(13)18-14(12)8-4-10-16(18)19-15;19-17-11-5-10-16-14-7-2-1-6-12(14)13-8-3-4-9-15(13)18(16)17/h1-10,19H;1-11H,19H2. The molecule has 1 aromatic heterocycles. The number of aromatic amines is 1. The summed E-state index contributed by atoms with van der Waals surface area (Å²) < 4.78 is 0. The predicted octanol–water partition coefficient (Wildman–Crippen LogP) is 9.79. The van der Waals surface area contributed by atoms with E-state index in [9.17, 15) is 0 Å². The molecule has 9 aromatic rings. The first-order valence-corrected chi connectivity index (χ1v) is 13.0. The number of nitrogens with two attached hydrogens (primary N) is 1. The van der Waals surface area contributed by atoms with E-state index < -0.39 is 0 Å². The maximum Gasteiger partial charge on any atom is 0.0471 e. The molecule has 0 amide bonds. The van der Waals surface area contributed by atoms with Gasteiger partial charge in [-0.25, -0.2) is 0 Å². The summed E-state index contributed by atoms with van der Waals surface area (Å²) >= 11 is 0. The van der Waals surface area contributed by atoms with Gasteiger partial charge in [0.1, 0.15) is 0 Å². The zero-order valence-corrected chi connectivity index (χ0v) is 20.7. The van der Waals surface area contributed by atoms with E-state index in [0.717, 1.165) is 11.1 Å². The molecule has 2 nitrogen and oxygen atoms in total. The van der Waals surface area contributed by atoms with Gasteiger partial charge in [0.15, 0.2) is 0 Å². The maximum absolute atomic E-state index is 6.21. The van der Waals surface area contributed by atoms with Crippen molar-refractivity contribution in [2.24, 2.45) is 0 Å². The number of benzene rings is 8. The lowest BCUT2D eigenvalue weighted by Gasteiger charge is -2.11. The highest BCUT2D eigenvalue weighted by Crippen LogP contribution is 2.40. The lowest BCUT2D eigenvalue weighted by Crippen LogP contribution is -1.89. The van der Waals surface area contributed by atoms with Gasteiger partial charge < -0.3 is 10.7 Å². The minimum Gasteiger partial charge on any atom is -0.398 e. The number of aromatic nitrogens is 1. The van der Waals surface area contributed by atoms with Crippen LogP contribution in [0, 0.1) is 0 Å². The van der Waals surface area contributed by atoms with E-state index in [1.807, 2.05) is 12.1 Å². The van der Waals surface area contributed by atoms with Crippen molar-refractivity contribution in [2.75, 3.05) is 5.73 Å². The molecule has 1 heterocycles. The number of hydrogen-bond acceptors (Lipinski definition) is 1. The van der Waals surface area contributed by atoms with Crippen molar-refractivity contribution in [1.82, 2.24) is 4.98 Å². The lowest BCUT2D eigenvalue weighted by atomic mass is 9.94. The molecule has 0 aliphatic rings. The van der Waals surface area contributed by atoms with Crippen molar-refractivity contribution in [2.45, 2.75) is 0 Å². The van der Waals surface area contributed by atoms with Crippen molar-refractivity contribution in [1.29, 1.82) is 0 Å². The van der Waals surface area contributed by atoms with Crippen LogP contribution in [0.15, 0.2) is 127 Å². The molecule has 0 radical (unpaired) electrons. The molecule has 0 fully saturated rings. The number of hydrogen-bond donors (Lipinski definition) is 2. The molecular weight excluding hydrogens is 460 g/mol. The van der Waals surface area contributed by atoms with Gasteiger partial charge in [-0.3, -0.25) is 0 Å². The van der Waals surface area contributed by atoms with Gasteiger partial charge in [-0.05, 0) is 66.7 Å². The van der Waals surface area contributed by atoms with Crippen molar-refractivity contribution >= 4 is 81.4 Å². The molecule has 0 aliphatic carbocycles. The van der Waals surface area contributed by atoms with Crippen LogP contribution in [0.4, 0.5) is 5.69 Å². The first-order chi connectivity index (χ1) is 18.8. The summed E-state index contributed by atoms with van der Waals surface area (Å²) in [6.45, 7) is 0. The average molecular weight is 485 g/mol. The normalized spacial score (nSPS) is 11.8. The fraction of sp³-hybridized carbons (Fsp3) is 0. The van der Waals surface area contributed by atoms with E-state index in [1.54, 1.807) is 0 Å². The Bertz CT molecular complexity index is 2180. The Morgan fingerprint density at radius 2 is 0.632 bits per heavy atom. The van der Waals surface area contributed by atoms with Gasteiger partial charge in [0, 0.05) is 32.9 Å². The number of nitrogen functional groups attached to an aromatic ring is 1. The molecule has 0 aliphatic heterocycles. The third kappa shape index (κ3) is 2.89. The van der Waals surface area contributed by atoms with Crippen LogP contribution in [0.2, 0.25) is 0 Å². The fourth-order valence-corrected chi connectivity index (χ4v) is 6.38. The minimum atomic E-state index is 0.847. The number of H-pyrrole nitrogens is 1. The number of fused-ring (bicyclic) bond motifs is 9. The van der Waals surface area contributed by atoms with E-state index in [0.29, 0.717) is 0 Å². The summed E-state index contributed by atoms with van der Waals surface area (Å²) in [6.07, 6.45) is 0. The summed E-state index contributed by atoms with van der Waals surface area (Å²) in [5.74, 6) is 0. The van der Waals surface area contributed by atoms with Gasteiger partial charge in [-0.2, -0.15) is 0 Å². The van der Waals surface area contributed by atoms with Crippen LogP contribution in [0.1, 0.15) is 0 Å². The Balaban J connectivity index is 0.000000118. The largest absolute Gasteiger partial charge is 0.398 e. The fourth-order valence-electron chi connectivity index (χ4n) is 6.38. The summed E-state index contributed by atoms with van der Waals surface area (Å²) in [7, 11) is 0. The zero-order valence-electron chi connectivity index (χ0n) is 20.7. The molecule has 0 spiro atoms. The molecule has 3 N–H and O–H groups in total. The van der Waals surface area contributed by atoms with Gasteiger partial charge in [-0.15, -0.1) is 0 Å². The van der Waals surface area contributed by atoms with E-state index in [-0.39, 0.29) is 0 Å². The van der Waals surface area contributed by atoms with E-state index >= 15 is 0 Å².